The fourth-order valence-electron chi connectivity index (χ4n) is 0.942. The Bertz CT molecular complexity index is 222. The van der Waals surface area contributed by atoms with Crippen LogP contribution >= 0.6 is 0 Å². The van der Waals surface area contributed by atoms with Gasteiger partial charge in [-0.1, -0.05) is 19.9 Å². The SMILES string of the molecule is C=CC(=O)OC(C)(CCC)C(=O)O. The van der Waals surface area contributed by atoms with Crippen LogP contribution in [0.2, 0.25) is 0 Å². The van der Waals surface area contributed by atoms with Gasteiger partial charge in [0.15, 0.2) is 0 Å². The van der Waals surface area contributed by atoms with Crippen LogP contribution in [0.3, 0.4) is 0 Å². The third-order valence-corrected chi connectivity index (χ3v) is 1.67. The molecule has 0 fully saturated rings. The van der Waals surface area contributed by atoms with Crippen LogP contribution in [0.1, 0.15) is 26.7 Å². The average Bonchev–Trinajstić information content (AvgIpc) is 2.04. The lowest BCUT2D eigenvalue weighted by atomic mass is 10.0. The van der Waals surface area contributed by atoms with Crippen LogP contribution in [0, 0.1) is 0 Å². The lowest BCUT2D eigenvalue weighted by Crippen LogP contribution is -2.39. The smallest absolute Gasteiger partial charge is 0.347 e. The Kier molecular flexibility index (Phi) is 4.17. The van der Waals surface area contributed by atoms with Gasteiger partial charge in [-0.3, -0.25) is 0 Å². The van der Waals surface area contributed by atoms with Crippen LogP contribution in [0.15, 0.2) is 12.7 Å². The maximum atomic E-state index is 10.8. The first-order valence-electron chi connectivity index (χ1n) is 4.05. The number of hydrogen-bond donors (Lipinski definition) is 1. The van der Waals surface area contributed by atoms with E-state index in [-0.39, 0.29) is 0 Å². The molecule has 13 heavy (non-hydrogen) atoms. The minimum absolute atomic E-state index is 0.294. The molecular weight excluding hydrogens is 172 g/mol. The summed E-state index contributed by atoms with van der Waals surface area (Å²) in [5.41, 5.74) is -1.43. The van der Waals surface area contributed by atoms with Gasteiger partial charge in [-0.15, -0.1) is 0 Å². The molecule has 0 rings (SSSR count). The van der Waals surface area contributed by atoms with E-state index in [9.17, 15) is 9.59 Å². The highest BCUT2D eigenvalue weighted by Gasteiger charge is 2.35. The number of ether oxygens (including phenoxy) is 1. The molecule has 0 saturated heterocycles. The monoisotopic (exact) mass is 186 g/mol. The molecule has 0 aliphatic carbocycles. The molecule has 0 saturated carbocycles. The Balaban J connectivity index is 4.49. The van der Waals surface area contributed by atoms with E-state index in [1.165, 1.54) is 6.92 Å². The second kappa shape index (κ2) is 4.64. The van der Waals surface area contributed by atoms with Gasteiger partial charge in [-0.05, 0) is 13.3 Å². The van der Waals surface area contributed by atoms with E-state index in [1.54, 1.807) is 0 Å². The summed E-state index contributed by atoms with van der Waals surface area (Å²) in [6, 6.07) is 0. The fraction of sp³-hybridized carbons (Fsp3) is 0.556. The van der Waals surface area contributed by atoms with Crippen molar-refractivity contribution in [1.29, 1.82) is 0 Å². The number of carboxylic acid groups (broad SMARTS) is 1. The molecule has 1 N–H and O–H groups in total. The van der Waals surface area contributed by atoms with Crippen molar-refractivity contribution in [2.45, 2.75) is 32.3 Å². The largest absolute Gasteiger partial charge is 0.478 e. The first kappa shape index (κ1) is 11.7. The van der Waals surface area contributed by atoms with Crippen molar-refractivity contribution in [3.8, 4) is 0 Å². The molecule has 0 bridgehead atoms. The summed E-state index contributed by atoms with van der Waals surface area (Å²) in [7, 11) is 0. The zero-order valence-electron chi connectivity index (χ0n) is 7.87. The zero-order chi connectivity index (χ0) is 10.5. The number of carbonyl (C=O) groups excluding carboxylic acids is 1. The van der Waals surface area contributed by atoms with Crippen LogP contribution < -0.4 is 0 Å². The molecule has 0 amide bonds. The fourth-order valence-corrected chi connectivity index (χ4v) is 0.942. The summed E-state index contributed by atoms with van der Waals surface area (Å²) >= 11 is 0. The van der Waals surface area contributed by atoms with Gasteiger partial charge in [-0.2, -0.15) is 0 Å². The minimum Gasteiger partial charge on any atom is -0.478 e. The van der Waals surface area contributed by atoms with E-state index < -0.39 is 17.5 Å². The molecule has 0 aliphatic rings. The Hall–Kier alpha value is -1.32. The summed E-state index contributed by atoms with van der Waals surface area (Å²) < 4.78 is 4.73. The molecule has 1 unspecified atom stereocenters. The Morgan fingerprint density at radius 3 is 2.46 bits per heavy atom. The quantitative estimate of drug-likeness (QED) is 0.520. The molecule has 0 radical (unpaired) electrons. The van der Waals surface area contributed by atoms with Crippen molar-refractivity contribution in [2.75, 3.05) is 0 Å². The third-order valence-electron chi connectivity index (χ3n) is 1.67. The maximum Gasteiger partial charge on any atom is 0.347 e. The standard InChI is InChI=1S/C9H14O4/c1-4-6-9(3,8(11)12)13-7(10)5-2/h5H,2,4,6H2,1,3H3,(H,11,12). The number of carbonyl (C=O) groups is 2. The van der Waals surface area contributed by atoms with Gasteiger partial charge in [0.25, 0.3) is 0 Å². The molecule has 0 aliphatic heterocycles. The van der Waals surface area contributed by atoms with Crippen molar-refractivity contribution < 1.29 is 19.4 Å². The molecular formula is C9H14O4. The highest BCUT2D eigenvalue weighted by Crippen LogP contribution is 2.18. The van der Waals surface area contributed by atoms with Gasteiger partial charge in [0, 0.05) is 6.08 Å². The normalized spacial score (nSPS) is 14.3. The van der Waals surface area contributed by atoms with Crippen molar-refractivity contribution in [2.24, 2.45) is 0 Å². The summed E-state index contributed by atoms with van der Waals surface area (Å²) in [4.78, 5) is 21.6. The maximum absolute atomic E-state index is 10.8. The third kappa shape index (κ3) is 3.27. The summed E-state index contributed by atoms with van der Waals surface area (Å²) in [6.45, 7) is 6.39. The Morgan fingerprint density at radius 2 is 2.15 bits per heavy atom. The lowest BCUT2D eigenvalue weighted by Gasteiger charge is -2.23. The van der Waals surface area contributed by atoms with Crippen molar-refractivity contribution in [3.63, 3.8) is 0 Å². The molecule has 4 heteroatoms. The first-order valence-corrected chi connectivity index (χ1v) is 4.05. The van der Waals surface area contributed by atoms with Gasteiger partial charge < -0.3 is 9.84 Å². The van der Waals surface area contributed by atoms with E-state index in [2.05, 4.69) is 6.58 Å². The van der Waals surface area contributed by atoms with E-state index in [1.807, 2.05) is 6.92 Å². The van der Waals surface area contributed by atoms with Crippen LogP contribution in [0.5, 0.6) is 0 Å². The van der Waals surface area contributed by atoms with Crippen molar-refractivity contribution in [3.05, 3.63) is 12.7 Å². The van der Waals surface area contributed by atoms with Gasteiger partial charge in [-0.25, -0.2) is 9.59 Å². The number of carboxylic acids is 1. The van der Waals surface area contributed by atoms with Gasteiger partial charge in [0.2, 0.25) is 5.60 Å². The highest BCUT2D eigenvalue weighted by atomic mass is 16.6. The summed E-state index contributed by atoms with van der Waals surface area (Å²) in [5.74, 6) is -1.84. The predicted octanol–water partition coefficient (Wildman–Crippen LogP) is 1.36. The second-order valence-corrected chi connectivity index (χ2v) is 2.91. The van der Waals surface area contributed by atoms with Crippen LogP contribution in [-0.4, -0.2) is 22.6 Å². The summed E-state index contributed by atoms with van der Waals surface area (Å²) in [6.07, 6.45) is 1.88. The molecule has 1 atom stereocenters. The van der Waals surface area contributed by atoms with Crippen LogP contribution in [-0.2, 0) is 14.3 Å². The van der Waals surface area contributed by atoms with Gasteiger partial charge in [0.1, 0.15) is 0 Å². The second-order valence-electron chi connectivity index (χ2n) is 2.91. The highest BCUT2D eigenvalue weighted by molar-refractivity contribution is 5.86. The topological polar surface area (TPSA) is 63.6 Å². The number of hydrogen-bond acceptors (Lipinski definition) is 3. The molecule has 74 valence electrons. The van der Waals surface area contributed by atoms with E-state index in [4.69, 9.17) is 9.84 Å². The summed E-state index contributed by atoms with van der Waals surface area (Å²) in [5, 5.41) is 8.80. The predicted molar refractivity (Wildman–Crippen MR) is 47.2 cm³/mol. The molecule has 0 heterocycles. The molecule has 0 aromatic carbocycles. The lowest BCUT2D eigenvalue weighted by molar-refractivity contribution is -0.174. The number of esters is 1. The van der Waals surface area contributed by atoms with Crippen molar-refractivity contribution >= 4 is 11.9 Å². The number of aliphatic carboxylic acids is 1. The van der Waals surface area contributed by atoms with Gasteiger partial charge >= 0.3 is 11.9 Å². The van der Waals surface area contributed by atoms with E-state index >= 15 is 0 Å². The Labute approximate surface area is 77.2 Å². The first-order chi connectivity index (χ1) is 5.96. The molecule has 0 spiro atoms. The van der Waals surface area contributed by atoms with Crippen LogP contribution in [0.25, 0.3) is 0 Å². The van der Waals surface area contributed by atoms with Crippen molar-refractivity contribution in [1.82, 2.24) is 0 Å². The number of rotatable bonds is 5. The average molecular weight is 186 g/mol. The van der Waals surface area contributed by atoms with E-state index in [0.29, 0.717) is 12.8 Å². The molecule has 0 aromatic rings. The van der Waals surface area contributed by atoms with Crippen LogP contribution in [0.4, 0.5) is 0 Å². The van der Waals surface area contributed by atoms with Gasteiger partial charge in [0.05, 0.1) is 0 Å². The molecule has 0 aromatic heterocycles. The zero-order valence-corrected chi connectivity index (χ0v) is 7.87. The molecule has 4 nitrogen and oxygen atoms in total. The minimum atomic E-state index is -1.43. The van der Waals surface area contributed by atoms with E-state index in [0.717, 1.165) is 6.08 Å². The Morgan fingerprint density at radius 1 is 1.62 bits per heavy atom.